The topological polar surface area (TPSA) is 93.4 Å². The van der Waals surface area contributed by atoms with Gasteiger partial charge in [0.05, 0.1) is 20.8 Å². The first kappa shape index (κ1) is 20.5. The molecule has 0 aliphatic carbocycles. The van der Waals surface area contributed by atoms with E-state index in [9.17, 15) is 18.5 Å². The Morgan fingerprint density at radius 2 is 1.83 bits per heavy atom. The van der Waals surface area contributed by atoms with Gasteiger partial charge in [0.1, 0.15) is 0 Å². The number of aryl methyl sites for hydroxylation is 1. The molecule has 0 radical (unpaired) electrons. The number of rotatable bonds is 5. The van der Waals surface area contributed by atoms with Crippen molar-refractivity contribution < 1.29 is 13.3 Å². The second kappa shape index (κ2) is 8.16. The second-order valence-electron chi connectivity index (χ2n) is 7.37. The molecule has 9 heteroatoms. The number of aromatic nitrogens is 1. The zero-order valence-electron chi connectivity index (χ0n) is 16.4. The molecule has 1 saturated heterocycles. The first-order valence-corrected chi connectivity index (χ1v) is 12.0. The van der Waals surface area contributed by atoms with E-state index in [2.05, 4.69) is 17.0 Å². The summed E-state index contributed by atoms with van der Waals surface area (Å²) >= 11 is 1.56. The van der Waals surface area contributed by atoms with Crippen LogP contribution in [0, 0.1) is 17.0 Å². The lowest BCUT2D eigenvalue weighted by Crippen LogP contribution is -2.39. The van der Waals surface area contributed by atoms with Gasteiger partial charge in [-0.1, -0.05) is 35.9 Å². The van der Waals surface area contributed by atoms with Gasteiger partial charge in [-0.2, -0.15) is 0 Å². The van der Waals surface area contributed by atoms with Gasteiger partial charge < -0.3 is 4.90 Å². The Labute approximate surface area is 179 Å². The molecule has 0 N–H and O–H groups in total. The van der Waals surface area contributed by atoms with E-state index < -0.39 is 20.0 Å². The Bertz CT molecular complexity index is 1160. The van der Waals surface area contributed by atoms with Crippen molar-refractivity contribution >= 4 is 32.0 Å². The summed E-state index contributed by atoms with van der Waals surface area (Å²) in [5.41, 5.74) is 2.97. The molecule has 30 heavy (non-hydrogen) atoms. The van der Waals surface area contributed by atoms with Gasteiger partial charge in [0.15, 0.2) is 15.0 Å². The number of piperidine rings is 1. The molecule has 1 aliphatic rings. The van der Waals surface area contributed by atoms with Crippen molar-refractivity contribution in [1.29, 1.82) is 0 Å². The highest BCUT2D eigenvalue weighted by molar-refractivity contribution is 7.92. The summed E-state index contributed by atoms with van der Waals surface area (Å²) in [5.74, 6) is 0. The molecule has 1 aromatic heterocycles. The van der Waals surface area contributed by atoms with Gasteiger partial charge in [0.25, 0.3) is 5.69 Å². The fourth-order valence-electron chi connectivity index (χ4n) is 3.59. The largest absolute Gasteiger partial charge is 0.348 e. The number of hydrogen-bond donors (Lipinski definition) is 0. The van der Waals surface area contributed by atoms with Crippen LogP contribution in [0.3, 0.4) is 0 Å². The molecule has 0 unspecified atom stereocenters. The van der Waals surface area contributed by atoms with E-state index in [0.29, 0.717) is 25.9 Å². The molecule has 156 valence electrons. The lowest BCUT2D eigenvalue weighted by molar-refractivity contribution is -0.385. The molecule has 7 nitrogen and oxygen atoms in total. The summed E-state index contributed by atoms with van der Waals surface area (Å²) in [4.78, 5) is 17.3. The summed E-state index contributed by atoms with van der Waals surface area (Å²) in [6, 6.07) is 13.5. The smallest absolute Gasteiger partial charge is 0.270 e. The van der Waals surface area contributed by atoms with Crippen molar-refractivity contribution in [3.63, 3.8) is 0 Å². The predicted octanol–water partition coefficient (Wildman–Crippen LogP) is 4.47. The standard InChI is InChI=1S/C21H21N3O4S2/c1-15-5-7-16(8-6-15)20-14-29-21(22-20)23-11-9-18(10-12-23)30(27,28)19-4-2-3-17(13-19)24(25)26/h2-8,13-14,18H,9-12H2,1H3. The third-order valence-electron chi connectivity index (χ3n) is 5.35. The molecule has 0 saturated carbocycles. The van der Waals surface area contributed by atoms with E-state index in [1.807, 2.05) is 24.4 Å². The maximum atomic E-state index is 13.0. The quantitative estimate of drug-likeness (QED) is 0.427. The van der Waals surface area contributed by atoms with Crippen LogP contribution in [0.5, 0.6) is 0 Å². The van der Waals surface area contributed by atoms with Crippen LogP contribution in [0.4, 0.5) is 10.8 Å². The fraction of sp³-hybridized carbons (Fsp3) is 0.286. The summed E-state index contributed by atoms with van der Waals surface area (Å²) < 4.78 is 25.9. The second-order valence-corrected chi connectivity index (χ2v) is 10.4. The number of nitro groups is 1. The van der Waals surface area contributed by atoms with Gasteiger partial charge >= 0.3 is 0 Å². The Hall–Kier alpha value is -2.78. The van der Waals surface area contributed by atoms with Gasteiger partial charge in [-0.25, -0.2) is 13.4 Å². The van der Waals surface area contributed by atoms with Crippen LogP contribution in [0.15, 0.2) is 58.8 Å². The minimum atomic E-state index is -3.61. The third-order valence-corrected chi connectivity index (χ3v) is 8.51. The van der Waals surface area contributed by atoms with Gasteiger partial charge in [-0.3, -0.25) is 10.1 Å². The summed E-state index contributed by atoms with van der Waals surface area (Å²) in [5, 5.41) is 13.3. The number of anilines is 1. The summed E-state index contributed by atoms with van der Waals surface area (Å²) in [7, 11) is -3.61. The normalized spacial score (nSPS) is 15.3. The molecular formula is C21H21N3O4S2. The van der Waals surface area contributed by atoms with E-state index >= 15 is 0 Å². The molecule has 0 amide bonds. The molecular weight excluding hydrogens is 422 g/mol. The fourth-order valence-corrected chi connectivity index (χ4v) is 6.25. The highest BCUT2D eigenvalue weighted by Gasteiger charge is 2.32. The van der Waals surface area contributed by atoms with Crippen molar-refractivity contribution in [3.05, 3.63) is 69.6 Å². The van der Waals surface area contributed by atoms with E-state index in [1.165, 1.54) is 23.8 Å². The monoisotopic (exact) mass is 443 g/mol. The van der Waals surface area contributed by atoms with Crippen molar-refractivity contribution in [2.75, 3.05) is 18.0 Å². The molecule has 3 aromatic rings. The third kappa shape index (κ3) is 4.08. The summed E-state index contributed by atoms with van der Waals surface area (Å²) in [6.07, 6.45) is 0.926. The maximum Gasteiger partial charge on any atom is 0.270 e. The van der Waals surface area contributed by atoms with Crippen molar-refractivity contribution in [1.82, 2.24) is 4.98 Å². The van der Waals surface area contributed by atoms with Crippen LogP contribution < -0.4 is 4.90 Å². The van der Waals surface area contributed by atoms with Crippen LogP contribution in [0.2, 0.25) is 0 Å². The zero-order valence-corrected chi connectivity index (χ0v) is 18.0. The molecule has 1 aliphatic heterocycles. The average molecular weight is 444 g/mol. The van der Waals surface area contributed by atoms with E-state index in [1.54, 1.807) is 11.3 Å². The molecule has 2 heterocycles. The number of thiazole rings is 1. The van der Waals surface area contributed by atoms with Gasteiger partial charge in [0, 0.05) is 36.2 Å². The summed E-state index contributed by atoms with van der Waals surface area (Å²) in [6.45, 7) is 3.21. The molecule has 0 spiro atoms. The number of nitro benzene ring substituents is 1. The first-order valence-electron chi connectivity index (χ1n) is 9.60. The van der Waals surface area contributed by atoms with Gasteiger partial charge in [-0.05, 0) is 25.8 Å². The Kier molecular flexibility index (Phi) is 5.57. The molecule has 0 bridgehead atoms. The number of non-ortho nitro benzene ring substituents is 1. The molecule has 2 aromatic carbocycles. The van der Waals surface area contributed by atoms with Gasteiger partial charge in [-0.15, -0.1) is 11.3 Å². The van der Waals surface area contributed by atoms with Crippen LogP contribution >= 0.6 is 11.3 Å². The Morgan fingerprint density at radius 3 is 2.50 bits per heavy atom. The highest BCUT2D eigenvalue weighted by atomic mass is 32.2. The van der Waals surface area contributed by atoms with Crippen LogP contribution in [0.1, 0.15) is 18.4 Å². The maximum absolute atomic E-state index is 13.0. The van der Waals surface area contributed by atoms with Crippen molar-refractivity contribution in [2.24, 2.45) is 0 Å². The minimum Gasteiger partial charge on any atom is -0.348 e. The molecule has 1 fully saturated rings. The lowest BCUT2D eigenvalue weighted by Gasteiger charge is -2.31. The van der Waals surface area contributed by atoms with Crippen molar-refractivity contribution in [3.8, 4) is 11.3 Å². The lowest BCUT2D eigenvalue weighted by atomic mass is 10.1. The van der Waals surface area contributed by atoms with Crippen LogP contribution in [0.25, 0.3) is 11.3 Å². The number of hydrogen-bond acceptors (Lipinski definition) is 7. The highest BCUT2D eigenvalue weighted by Crippen LogP contribution is 2.32. The number of nitrogens with zero attached hydrogens (tertiary/aromatic N) is 3. The van der Waals surface area contributed by atoms with E-state index in [4.69, 9.17) is 4.98 Å². The molecule has 0 atom stereocenters. The SMILES string of the molecule is Cc1ccc(-c2csc(N3CCC(S(=O)(=O)c4cccc([N+](=O)[O-])c4)CC3)n2)cc1. The average Bonchev–Trinajstić information content (AvgIpc) is 3.25. The zero-order chi connectivity index (χ0) is 21.3. The first-order chi connectivity index (χ1) is 14.3. The van der Waals surface area contributed by atoms with Crippen LogP contribution in [-0.2, 0) is 9.84 Å². The van der Waals surface area contributed by atoms with Crippen LogP contribution in [-0.4, -0.2) is 36.7 Å². The number of sulfone groups is 1. The van der Waals surface area contributed by atoms with Gasteiger partial charge in [0.2, 0.25) is 0 Å². The van der Waals surface area contributed by atoms with E-state index in [-0.39, 0.29) is 10.6 Å². The number of benzene rings is 2. The molecule has 4 rings (SSSR count). The minimum absolute atomic E-state index is 0.0195. The van der Waals surface area contributed by atoms with Crippen molar-refractivity contribution in [2.45, 2.75) is 29.9 Å². The Balaban J connectivity index is 1.46. The van der Waals surface area contributed by atoms with E-state index in [0.717, 1.165) is 22.5 Å². The Morgan fingerprint density at radius 1 is 1.13 bits per heavy atom. The predicted molar refractivity (Wildman–Crippen MR) is 118 cm³/mol.